The molecule has 1 unspecified atom stereocenters. The Labute approximate surface area is 107 Å². The summed E-state index contributed by atoms with van der Waals surface area (Å²) in [5, 5.41) is 4.24. The van der Waals surface area contributed by atoms with Gasteiger partial charge in [0.15, 0.2) is 0 Å². The van der Waals surface area contributed by atoms with Gasteiger partial charge in [0, 0.05) is 10.9 Å². The van der Waals surface area contributed by atoms with E-state index in [0.717, 1.165) is 42.8 Å². The number of ether oxygens (including phenoxy) is 1. The Morgan fingerprint density at radius 1 is 1.18 bits per heavy atom. The first-order valence-corrected chi connectivity index (χ1v) is 6.82. The number of hydrogen-bond acceptors (Lipinski definition) is 2. The van der Waals surface area contributed by atoms with Crippen LogP contribution in [0.4, 0.5) is 0 Å². The summed E-state index contributed by atoms with van der Waals surface area (Å²) in [5.41, 5.74) is 1.28. The number of benzene rings is 1. The maximum atomic E-state index is 6.04. The van der Waals surface area contributed by atoms with E-state index in [1.807, 2.05) is 12.1 Å². The van der Waals surface area contributed by atoms with Gasteiger partial charge >= 0.3 is 0 Å². The Hall–Kier alpha value is -0.730. The van der Waals surface area contributed by atoms with Crippen LogP contribution in [0.25, 0.3) is 0 Å². The lowest BCUT2D eigenvalue weighted by atomic mass is 9.80. The van der Waals surface area contributed by atoms with Crippen molar-refractivity contribution in [2.75, 3.05) is 19.7 Å². The molecule has 1 fully saturated rings. The second-order valence-electron chi connectivity index (χ2n) is 5.11. The maximum absolute atomic E-state index is 6.04. The molecule has 0 bridgehead atoms. The Balaban J connectivity index is 1.75. The van der Waals surface area contributed by atoms with Gasteiger partial charge in [-0.15, -0.1) is 0 Å². The molecule has 0 spiro atoms. The summed E-state index contributed by atoms with van der Waals surface area (Å²) in [7, 11) is 0. The van der Waals surface area contributed by atoms with Crippen molar-refractivity contribution in [2.45, 2.75) is 19.3 Å². The first kappa shape index (κ1) is 11.4. The molecule has 0 amide bonds. The average Bonchev–Trinajstić information content (AvgIpc) is 2.39. The van der Waals surface area contributed by atoms with E-state index in [-0.39, 0.29) is 0 Å². The van der Waals surface area contributed by atoms with Crippen molar-refractivity contribution in [1.29, 1.82) is 0 Å². The monoisotopic (exact) mass is 251 g/mol. The highest BCUT2D eigenvalue weighted by molar-refractivity contribution is 6.30. The summed E-state index contributed by atoms with van der Waals surface area (Å²) < 4.78 is 5.87. The molecule has 3 rings (SSSR count). The normalized spacial score (nSPS) is 25.1. The minimum Gasteiger partial charge on any atom is -0.493 e. The fourth-order valence-corrected chi connectivity index (χ4v) is 3.20. The van der Waals surface area contributed by atoms with Gasteiger partial charge in [-0.05, 0) is 62.0 Å². The predicted molar refractivity (Wildman–Crippen MR) is 69.7 cm³/mol. The highest BCUT2D eigenvalue weighted by atomic mass is 35.5. The van der Waals surface area contributed by atoms with Crippen molar-refractivity contribution in [3.63, 3.8) is 0 Å². The third-order valence-electron chi connectivity index (χ3n) is 4.01. The molecule has 1 saturated heterocycles. The van der Waals surface area contributed by atoms with Gasteiger partial charge in [-0.1, -0.05) is 11.6 Å². The fraction of sp³-hybridized carbons (Fsp3) is 0.571. The summed E-state index contributed by atoms with van der Waals surface area (Å²) in [6.07, 6.45) is 3.69. The van der Waals surface area contributed by atoms with Crippen molar-refractivity contribution >= 4 is 11.6 Å². The van der Waals surface area contributed by atoms with Crippen LogP contribution >= 0.6 is 11.6 Å². The molecule has 2 aliphatic heterocycles. The van der Waals surface area contributed by atoms with Gasteiger partial charge in [-0.3, -0.25) is 0 Å². The van der Waals surface area contributed by atoms with Crippen molar-refractivity contribution in [3.8, 4) is 5.75 Å². The molecule has 1 N–H and O–H groups in total. The maximum Gasteiger partial charge on any atom is 0.122 e. The smallest absolute Gasteiger partial charge is 0.122 e. The van der Waals surface area contributed by atoms with Gasteiger partial charge in [0.1, 0.15) is 5.75 Å². The van der Waals surface area contributed by atoms with E-state index >= 15 is 0 Å². The first-order valence-electron chi connectivity index (χ1n) is 6.45. The second-order valence-corrected chi connectivity index (χ2v) is 5.55. The summed E-state index contributed by atoms with van der Waals surface area (Å²) in [6.45, 7) is 3.19. The van der Waals surface area contributed by atoms with Gasteiger partial charge in [0.05, 0.1) is 6.61 Å². The Morgan fingerprint density at radius 2 is 2.00 bits per heavy atom. The number of piperidine rings is 1. The van der Waals surface area contributed by atoms with E-state index in [1.165, 1.54) is 18.4 Å². The third-order valence-corrected chi connectivity index (χ3v) is 4.24. The van der Waals surface area contributed by atoms with E-state index in [1.54, 1.807) is 0 Å². The summed E-state index contributed by atoms with van der Waals surface area (Å²) >= 11 is 6.04. The molecule has 2 aliphatic rings. The number of fused-ring (bicyclic) bond motifs is 1. The quantitative estimate of drug-likeness (QED) is 0.829. The van der Waals surface area contributed by atoms with Crippen molar-refractivity contribution in [1.82, 2.24) is 5.32 Å². The number of nitrogens with one attached hydrogen (secondary N) is 1. The van der Waals surface area contributed by atoms with E-state index in [0.29, 0.717) is 5.92 Å². The molecule has 1 atom stereocenters. The van der Waals surface area contributed by atoms with E-state index in [4.69, 9.17) is 16.3 Å². The van der Waals surface area contributed by atoms with Gasteiger partial charge in [0.2, 0.25) is 0 Å². The minimum atomic E-state index is 0.670. The van der Waals surface area contributed by atoms with Crippen molar-refractivity contribution in [2.24, 2.45) is 11.8 Å². The fourth-order valence-electron chi connectivity index (χ4n) is 3.00. The van der Waals surface area contributed by atoms with Crippen molar-refractivity contribution in [3.05, 3.63) is 28.8 Å². The van der Waals surface area contributed by atoms with E-state index in [2.05, 4.69) is 11.4 Å². The third kappa shape index (κ3) is 2.43. The van der Waals surface area contributed by atoms with Crippen LogP contribution in [0.15, 0.2) is 18.2 Å². The Kier molecular flexibility index (Phi) is 3.26. The van der Waals surface area contributed by atoms with Crippen LogP contribution in [0.5, 0.6) is 5.75 Å². The molecule has 92 valence electrons. The van der Waals surface area contributed by atoms with Crippen LogP contribution in [0.1, 0.15) is 18.4 Å². The zero-order chi connectivity index (χ0) is 11.7. The molecular weight excluding hydrogens is 234 g/mol. The van der Waals surface area contributed by atoms with Gasteiger partial charge in [-0.25, -0.2) is 0 Å². The lowest BCUT2D eigenvalue weighted by Gasteiger charge is -2.34. The van der Waals surface area contributed by atoms with Gasteiger partial charge in [-0.2, -0.15) is 0 Å². The highest BCUT2D eigenvalue weighted by Crippen LogP contribution is 2.34. The summed E-state index contributed by atoms with van der Waals surface area (Å²) in [6, 6.07) is 5.96. The number of halogens is 1. The Morgan fingerprint density at radius 3 is 2.82 bits per heavy atom. The topological polar surface area (TPSA) is 21.3 Å². The molecule has 1 aromatic carbocycles. The molecule has 0 aromatic heterocycles. The van der Waals surface area contributed by atoms with E-state index < -0.39 is 0 Å². The molecule has 0 radical (unpaired) electrons. The first-order chi connectivity index (χ1) is 8.33. The molecule has 17 heavy (non-hydrogen) atoms. The predicted octanol–water partition coefficient (Wildman–Crippen LogP) is 2.89. The lowest BCUT2D eigenvalue weighted by Crippen LogP contribution is -2.36. The zero-order valence-electron chi connectivity index (χ0n) is 9.92. The van der Waals surface area contributed by atoms with Crippen LogP contribution in [-0.4, -0.2) is 19.7 Å². The van der Waals surface area contributed by atoms with Crippen LogP contribution in [-0.2, 0) is 6.42 Å². The van der Waals surface area contributed by atoms with E-state index in [9.17, 15) is 0 Å². The molecule has 3 heteroatoms. The SMILES string of the molecule is Clc1ccc2c(c1)CC(C1CCNCC1)CO2. The zero-order valence-corrected chi connectivity index (χ0v) is 10.7. The van der Waals surface area contributed by atoms with Crippen LogP contribution in [0, 0.1) is 11.8 Å². The van der Waals surface area contributed by atoms with Crippen LogP contribution in [0.3, 0.4) is 0 Å². The second kappa shape index (κ2) is 4.87. The Bertz CT molecular complexity index is 401. The standard InChI is InChI=1S/C14H18ClNO/c15-13-1-2-14-11(8-13)7-12(9-17-14)10-3-5-16-6-4-10/h1-2,8,10,12,16H,3-7,9H2. The molecular formula is C14H18ClNO. The lowest BCUT2D eigenvalue weighted by molar-refractivity contribution is 0.148. The van der Waals surface area contributed by atoms with Crippen LogP contribution in [0.2, 0.25) is 5.02 Å². The molecule has 0 aliphatic carbocycles. The molecule has 2 heterocycles. The van der Waals surface area contributed by atoms with Crippen LogP contribution < -0.4 is 10.1 Å². The summed E-state index contributed by atoms with van der Waals surface area (Å²) in [5.74, 6) is 2.51. The molecule has 2 nitrogen and oxygen atoms in total. The minimum absolute atomic E-state index is 0.670. The summed E-state index contributed by atoms with van der Waals surface area (Å²) in [4.78, 5) is 0. The highest BCUT2D eigenvalue weighted by Gasteiger charge is 2.28. The number of rotatable bonds is 1. The number of hydrogen-bond donors (Lipinski definition) is 1. The van der Waals surface area contributed by atoms with Crippen molar-refractivity contribution < 1.29 is 4.74 Å². The molecule has 1 aromatic rings. The molecule has 0 saturated carbocycles. The van der Waals surface area contributed by atoms with Gasteiger partial charge < -0.3 is 10.1 Å². The average molecular weight is 252 g/mol. The van der Waals surface area contributed by atoms with Gasteiger partial charge in [0.25, 0.3) is 0 Å². The largest absolute Gasteiger partial charge is 0.493 e.